The Balaban J connectivity index is 3.20. The second-order valence-corrected chi connectivity index (χ2v) is 3.94. The first-order valence-electron chi connectivity index (χ1n) is 4.99. The number of halogens is 6. The summed E-state index contributed by atoms with van der Waals surface area (Å²) in [5, 5.41) is 0. The molecule has 0 heterocycles. The van der Waals surface area contributed by atoms with Crippen LogP contribution in [-0.4, -0.2) is 12.4 Å². The molecule has 1 aromatic carbocycles. The first kappa shape index (κ1) is 14.8. The summed E-state index contributed by atoms with van der Waals surface area (Å²) in [5.41, 5.74) is 5.31. The topological polar surface area (TPSA) is 26.0 Å². The van der Waals surface area contributed by atoms with Crippen LogP contribution in [0.5, 0.6) is 0 Å². The number of alkyl halides is 6. The van der Waals surface area contributed by atoms with Crippen LogP contribution in [0.15, 0.2) is 24.3 Å². The lowest BCUT2D eigenvalue weighted by molar-refractivity contribution is -0.290. The third kappa shape index (κ3) is 3.16. The predicted octanol–water partition coefficient (Wildman–Crippen LogP) is 3.74. The highest BCUT2D eigenvalue weighted by molar-refractivity contribution is 5.29. The fraction of sp³-hybridized carbons (Fsp3) is 0.455. The van der Waals surface area contributed by atoms with Crippen LogP contribution in [0, 0.1) is 12.8 Å². The Morgan fingerprint density at radius 2 is 1.39 bits per heavy atom. The third-order valence-corrected chi connectivity index (χ3v) is 2.61. The van der Waals surface area contributed by atoms with Gasteiger partial charge in [0, 0.05) is 0 Å². The average molecular weight is 271 g/mol. The van der Waals surface area contributed by atoms with Crippen molar-refractivity contribution in [3.05, 3.63) is 35.4 Å². The molecule has 0 spiro atoms. The fourth-order valence-corrected chi connectivity index (χ4v) is 1.73. The van der Waals surface area contributed by atoms with Gasteiger partial charge < -0.3 is 5.73 Å². The largest absolute Gasteiger partial charge is 0.402 e. The van der Waals surface area contributed by atoms with Crippen molar-refractivity contribution in [2.24, 2.45) is 11.7 Å². The van der Waals surface area contributed by atoms with Gasteiger partial charge in [0.1, 0.15) is 0 Å². The van der Waals surface area contributed by atoms with Crippen LogP contribution in [0.3, 0.4) is 0 Å². The van der Waals surface area contributed by atoms with Gasteiger partial charge in [0.2, 0.25) is 0 Å². The van der Waals surface area contributed by atoms with Gasteiger partial charge in [-0.1, -0.05) is 24.3 Å². The second-order valence-electron chi connectivity index (χ2n) is 3.94. The lowest BCUT2D eigenvalue weighted by Gasteiger charge is -2.29. The summed E-state index contributed by atoms with van der Waals surface area (Å²) in [6.07, 6.45) is -10.9. The number of benzene rings is 1. The smallest absolute Gasteiger partial charge is 0.323 e. The van der Waals surface area contributed by atoms with Crippen molar-refractivity contribution in [3.63, 3.8) is 0 Å². The highest BCUT2D eigenvalue weighted by Crippen LogP contribution is 2.45. The molecule has 0 aliphatic heterocycles. The van der Waals surface area contributed by atoms with Crippen LogP contribution in [0.2, 0.25) is 0 Å². The Morgan fingerprint density at radius 1 is 0.944 bits per heavy atom. The molecule has 2 N–H and O–H groups in total. The minimum Gasteiger partial charge on any atom is -0.323 e. The summed E-state index contributed by atoms with van der Waals surface area (Å²) in [4.78, 5) is 0. The second kappa shape index (κ2) is 4.79. The summed E-state index contributed by atoms with van der Waals surface area (Å²) in [7, 11) is 0. The van der Waals surface area contributed by atoms with Gasteiger partial charge in [0.15, 0.2) is 5.92 Å². The molecule has 0 saturated heterocycles. The predicted molar refractivity (Wildman–Crippen MR) is 53.7 cm³/mol. The van der Waals surface area contributed by atoms with Crippen molar-refractivity contribution in [3.8, 4) is 0 Å². The van der Waals surface area contributed by atoms with Crippen LogP contribution in [0.1, 0.15) is 17.2 Å². The minimum atomic E-state index is -5.43. The van der Waals surface area contributed by atoms with Crippen molar-refractivity contribution in [2.45, 2.75) is 25.3 Å². The Bertz CT molecular complexity index is 395. The van der Waals surface area contributed by atoms with Gasteiger partial charge in [-0.15, -0.1) is 0 Å². The molecular weight excluding hydrogens is 260 g/mol. The molecule has 1 aromatic rings. The standard InChI is InChI=1S/C11H11F6N/c1-6-4-2-3-5-7(6)8(18)9(10(12,13)14)11(15,16)17/h2-5,8-9H,18H2,1H3. The van der Waals surface area contributed by atoms with Crippen molar-refractivity contribution in [2.75, 3.05) is 0 Å². The fourth-order valence-electron chi connectivity index (χ4n) is 1.73. The van der Waals surface area contributed by atoms with Crippen LogP contribution < -0.4 is 5.73 Å². The van der Waals surface area contributed by atoms with Gasteiger partial charge in [-0.25, -0.2) is 0 Å². The minimum absolute atomic E-state index is 0.155. The number of rotatable bonds is 2. The first-order chi connectivity index (χ1) is 8.05. The molecule has 1 unspecified atom stereocenters. The van der Waals surface area contributed by atoms with Gasteiger partial charge in [-0.3, -0.25) is 0 Å². The molecule has 0 bridgehead atoms. The van der Waals surface area contributed by atoms with Crippen molar-refractivity contribution < 1.29 is 26.3 Å². The third-order valence-electron chi connectivity index (χ3n) is 2.61. The zero-order chi connectivity index (χ0) is 14.1. The zero-order valence-corrected chi connectivity index (χ0v) is 9.31. The van der Waals surface area contributed by atoms with E-state index in [-0.39, 0.29) is 5.56 Å². The van der Waals surface area contributed by atoms with E-state index >= 15 is 0 Å². The van der Waals surface area contributed by atoms with E-state index in [2.05, 4.69) is 0 Å². The monoisotopic (exact) mass is 271 g/mol. The Kier molecular flexibility index (Phi) is 3.95. The van der Waals surface area contributed by atoms with Gasteiger partial charge in [-0.05, 0) is 18.1 Å². The summed E-state index contributed by atoms with van der Waals surface area (Å²) >= 11 is 0. The van der Waals surface area contributed by atoms with Crippen LogP contribution in [0.25, 0.3) is 0 Å². The van der Waals surface area contributed by atoms with E-state index in [0.29, 0.717) is 5.56 Å². The van der Waals surface area contributed by atoms with Crippen molar-refractivity contribution in [1.29, 1.82) is 0 Å². The van der Waals surface area contributed by atoms with Crippen LogP contribution in [0.4, 0.5) is 26.3 Å². The molecule has 0 aromatic heterocycles. The molecule has 0 amide bonds. The van der Waals surface area contributed by atoms with Crippen molar-refractivity contribution in [1.82, 2.24) is 0 Å². The molecule has 102 valence electrons. The van der Waals surface area contributed by atoms with Crippen molar-refractivity contribution >= 4 is 0 Å². The van der Waals surface area contributed by atoms with E-state index < -0.39 is 24.3 Å². The maximum absolute atomic E-state index is 12.5. The van der Waals surface area contributed by atoms with Crippen LogP contribution >= 0.6 is 0 Å². The van der Waals surface area contributed by atoms with Gasteiger partial charge in [0.25, 0.3) is 0 Å². The Labute approximate surface area is 99.6 Å². The zero-order valence-electron chi connectivity index (χ0n) is 9.31. The average Bonchev–Trinajstić information content (AvgIpc) is 2.13. The molecule has 18 heavy (non-hydrogen) atoms. The Hall–Kier alpha value is -1.24. The SMILES string of the molecule is Cc1ccccc1C(N)C(C(F)(F)F)C(F)(F)F. The highest BCUT2D eigenvalue weighted by atomic mass is 19.4. The van der Waals surface area contributed by atoms with E-state index in [1.54, 1.807) is 0 Å². The maximum atomic E-state index is 12.5. The van der Waals surface area contributed by atoms with Gasteiger partial charge in [0.05, 0.1) is 6.04 Å². The van der Waals surface area contributed by atoms with E-state index in [4.69, 9.17) is 5.73 Å². The molecular formula is C11H11F6N. The molecule has 1 atom stereocenters. The molecule has 0 aliphatic carbocycles. The van der Waals surface area contributed by atoms with E-state index in [1.807, 2.05) is 0 Å². The lowest BCUT2D eigenvalue weighted by atomic mass is 9.90. The lowest BCUT2D eigenvalue weighted by Crippen LogP contribution is -2.44. The highest BCUT2D eigenvalue weighted by Gasteiger charge is 2.59. The quantitative estimate of drug-likeness (QED) is 0.815. The number of hydrogen-bond acceptors (Lipinski definition) is 1. The summed E-state index contributed by atoms with van der Waals surface area (Å²) in [6, 6.07) is 3.29. The molecule has 0 radical (unpaired) electrons. The normalized spacial score (nSPS) is 14.9. The molecule has 0 saturated carbocycles. The molecule has 0 aliphatic rings. The molecule has 1 rings (SSSR count). The maximum Gasteiger partial charge on any atom is 0.402 e. The van der Waals surface area contributed by atoms with Gasteiger partial charge in [-0.2, -0.15) is 26.3 Å². The number of nitrogens with two attached hydrogens (primary N) is 1. The molecule has 7 heteroatoms. The molecule has 0 fully saturated rings. The molecule has 1 nitrogen and oxygen atoms in total. The van der Waals surface area contributed by atoms with E-state index in [1.165, 1.54) is 31.2 Å². The summed E-state index contributed by atoms with van der Waals surface area (Å²) in [6.45, 7) is 1.42. The van der Waals surface area contributed by atoms with Crippen LogP contribution in [-0.2, 0) is 0 Å². The summed E-state index contributed by atoms with van der Waals surface area (Å²) in [5.74, 6) is -3.56. The Morgan fingerprint density at radius 3 is 1.78 bits per heavy atom. The summed E-state index contributed by atoms with van der Waals surface area (Å²) < 4.78 is 74.9. The van der Waals surface area contributed by atoms with E-state index in [9.17, 15) is 26.3 Å². The van der Waals surface area contributed by atoms with Gasteiger partial charge >= 0.3 is 12.4 Å². The first-order valence-corrected chi connectivity index (χ1v) is 4.99. The van der Waals surface area contributed by atoms with E-state index in [0.717, 1.165) is 0 Å². The number of hydrogen-bond donors (Lipinski definition) is 1. The number of aryl methyl sites for hydroxylation is 1.